The largest absolute Gasteiger partial charge is 0.310 e. The van der Waals surface area contributed by atoms with Crippen LogP contribution >= 0.6 is 23.4 Å². The number of nitrogens with zero attached hydrogens (tertiary/aromatic N) is 4. The minimum Gasteiger partial charge on any atom is -0.310 e. The van der Waals surface area contributed by atoms with Crippen molar-refractivity contribution < 1.29 is 4.79 Å². The van der Waals surface area contributed by atoms with Gasteiger partial charge in [-0.2, -0.15) is 0 Å². The molecule has 4 rings (SSSR count). The molecule has 0 spiro atoms. The predicted octanol–water partition coefficient (Wildman–Crippen LogP) is 4.31. The number of para-hydroxylation sites is 1. The zero-order valence-electron chi connectivity index (χ0n) is 14.7. The number of pyridine rings is 1. The van der Waals surface area contributed by atoms with Gasteiger partial charge in [-0.25, -0.2) is 14.6 Å². The van der Waals surface area contributed by atoms with Gasteiger partial charge in [0.15, 0.2) is 0 Å². The van der Waals surface area contributed by atoms with Gasteiger partial charge in [-0.05, 0) is 44.0 Å². The second-order valence-corrected chi connectivity index (χ2v) is 8.13. The molecule has 0 aliphatic heterocycles. The van der Waals surface area contributed by atoms with E-state index in [-0.39, 0.29) is 11.2 Å². The molecule has 1 atom stereocenters. The molecule has 1 N–H and O–H groups in total. The van der Waals surface area contributed by atoms with Gasteiger partial charge < -0.3 is 5.32 Å². The normalized spacial score (nSPS) is 14.7. The quantitative estimate of drug-likeness (QED) is 0.625. The lowest BCUT2D eigenvalue weighted by molar-refractivity contribution is -0.115. The lowest BCUT2D eigenvalue weighted by Crippen LogP contribution is -2.23. The van der Waals surface area contributed by atoms with Crippen molar-refractivity contribution in [3.05, 3.63) is 59.5 Å². The molecule has 0 bridgehead atoms. The van der Waals surface area contributed by atoms with Crippen LogP contribution in [0.4, 0.5) is 5.82 Å². The summed E-state index contributed by atoms with van der Waals surface area (Å²) in [5, 5.41) is 8.19. The van der Waals surface area contributed by atoms with Crippen LogP contribution in [-0.4, -0.2) is 30.9 Å². The minimum atomic E-state index is -0.360. The number of benzene rings is 1. The van der Waals surface area contributed by atoms with E-state index < -0.39 is 0 Å². The number of halogens is 1. The third kappa shape index (κ3) is 4.31. The zero-order chi connectivity index (χ0) is 18.8. The first-order chi connectivity index (χ1) is 13.1. The van der Waals surface area contributed by atoms with E-state index in [0.29, 0.717) is 21.9 Å². The van der Waals surface area contributed by atoms with Crippen LogP contribution in [0, 0.1) is 0 Å². The Labute approximate surface area is 166 Å². The molecule has 1 aliphatic rings. The summed E-state index contributed by atoms with van der Waals surface area (Å²) in [6, 6.07) is 13.3. The molecule has 2 heterocycles. The van der Waals surface area contributed by atoms with E-state index in [2.05, 4.69) is 15.4 Å². The third-order valence-corrected chi connectivity index (χ3v) is 5.36. The summed E-state index contributed by atoms with van der Waals surface area (Å²) in [5.41, 5.74) is 0.987. The first kappa shape index (κ1) is 18.0. The van der Waals surface area contributed by atoms with Crippen LogP contribution in [-0.2, 0) is 4.79 Å². The van der Waals surface area contributed by atoms with Gasteiger partial charge in [0.05, 0.1) is 16.0 Å². The van der Waals surface area contributed by atoms with Crippen LogP contribution in [0.5, 0.6) is 0 Å². The topological polar surface area (TPSA) is 72.7 Å². The van der Waals surface area contributed by atoms with Crippen LogP contribution in [0.15, 0.2) is 53.8 Å². The molecule has 6 nitrogen and oxygen atoms in total. The lowest BCUT2D eigenvalue weighted by Gasteiger charge is -2.09. The van der Waals surface area contributed by atoms with Crippen molar-refractivity contribution in [3.63, 3.8) is 0 Å². The average molecular weight is 400 g/mol. The highest BCUT2D eigenvalue weighted by molar-refractivity contribution is 8.00. The number of anilines is 1. The van der Waals surface area contributed by atoms with E-state index >= 15 is 0 Å². The van der Waals surface area contributed by atoms with Gasteiger partial charge in [-0.15, -0.1) is 5.10 Å². The van der Waals surface area contributed by atoms with Gasteiger partial charge in [-0.3, -0.25) is 4.79 Å². The number of hydrogen-bond acceptors (Lipinski definition) is 5. The molecular weight excluding hydrogens is 382 g/mol. The molecule has 0 saturated heterocycles. The third-order valence-electron chi connectivity index (χ3n) is 4.19. The summed E-state index contributed by atoms with van der Waals surface area (Å²) in [6.45, 7) is 1.83. The number of thioether (sulfide) groups is 1. The molecule has 2 aromatic heterocycles. The molecule has 1 fully saturated rings. The lowest BCUT2D eigenvalue weighted by atomic mass is 10.3. The summed E-state index contributed by atoms with van der Waals surface area (Å²) in [4.78, 5) is 21.2. The Kier molecular flexibility index (Phi) is 5.13. The average Bonchev–Trinajstić information content (AvgIpc) is 3.44. The van der Waals surface area contributed by atoms with E-state index in [9.17, 15) is 4.79 Å². The number of hydrogen-bond donors (Lipinski definition) is 1. The Bertz CT molecular complexity index is 940. The first-order valence-electron chi connectivity index (χ1n) is 8.71. The summed E-state index contributed by atoms with van der Waals surface area (Å²) in [7, 11) is 0. The van der Waals surface area contributed by atoms with Crippen molar-refractivity contribution in [2.75, 3.05) is 5.32 Å². The van der Waals surface area contributed by atoms with Gasteiger partial charge >= 0.3 is 0 Å². The molecule has 1 amide bonds. The molecule has 138 valence electrons. The molecule has 1 aliphatic carbocycles. The highest BCUT2D eigenvalue weighted by Gasteiger charge is 2.31. The maximum absolute atomic E-state index is 12.4. The number of carbonyl (C=O) groups excluding carboxylic acids is 1. The van der Waals surface area contributed by atoms with Crippen molar-refractivity contribution in [3.8, 4) is 5.69 Å². The molecule has 8 heteroatoms. The monoisotopic (exact) mass is 399 g/mol. The summed E-state index contributed by atoms with van der Waals surface area (Å²) < 4.78 is 1.89. The molecule has 27 heavy (non-hydrogen) atoms. The van der Waals surface area contributed by atoms with Crippen LogP contribution in [0.3, 0.4) is 0 Å². The van der Waals surface area contributed by atoms with E-state index in [0.717, 1.165) is 24.4 Å². The predicted molar refractivity (Wildman–Crippen MR) is 107 cm³/mol. The zero-order valence-corrected chi connectivity index (χ0v) is 16.2. The Morgan fingerprint density at radius 1 is 1.26 bits per heavy atom. The smallest absolute Gasteiger partial charge is 0.238 e. The second-order valence-electron chi connectivity index (χ2n) is 6.39. The molecule has 1 unspecified atom stereocenters. The highest BCUT2D eigenvalue weighted by Crippen LogP contribution is 2.40. The maximum Gasteiger partial charge on any atom is 0.238 e. The summed E-state index contributed by atoms with van der Waals surface area (Å²) >= 11 is 7.16. The fraction of sp³-hybridized carbons (Fsp3) is 0.263. The SMILES string of the molecule is CC(Sc1nc(C2CC2)n(-c2ccccc2)n1)C(=O)Nc1ccc(Cl)cn1. The molecule has 1 aromatic carbocycles. The van der Waals surface area contributed by atoms with Gasteiger partial charge in [0.2, 0.25) is 11.1 Å². The maximum atomic E-state index is 12.4. The van der Waals surface area contributed by atoms with Crippen molar-refractivity contribution in [1.82, 2.24) is 19.7 Å². The van der Waals surface area contributed by atoms with Crippen molar-refractivity contribution in [1.29, 1.82) is 0 Å². The van der Waals surface area contributed by atoms with Crippen LogP contribution in [0.25, 0.3) is 5.69 Å². The van der Waals surface area contributed by atoms with Gasteiger partial charge in [0.1, 0.15) is 11.6 Å². The van der Waals surface area contributed by atoms with Gasteiger partial charge in [0.25, 0.3) is 0 Å². The van der Waals surface area contributed by atoms with Crippen LogP contribution in [0.1, 0.15) is 31.5 Å². The first-order valence-corrected chi connectivity index (χ1v) is 9.97. The molecule has 1 saturated carbocycles. The van der Waals surface area contributed by atoms with Gasteiger partial charge in [-0.1, -0.05) is 41.6 Å². The van der Waals surface area contributed by atoms with E-state index in [1.165, 1.54) is 18.0 Å². The number of amides is 1. The Balaban J connectivity index is 1.48. The van der Waals surface area contributed by atoms with Crippen molar-refractivity contribution in [2.24, 2.45) is 0 Å². The standard InChI is InChI=1S/C19H18ClN5OS/c1-12(18(26)22-16-10-9-14(20)11-21-16)27-19-23-17(13-7-8-13)25(24-19)15-5-3-2-4-6-15/h2-6,9-13H,7-8H2,1H3,(H,21,22,26). The Hall–Kier alpha value is -2.38. The number of carbonyl (C=O) groups is 1. The molecular formula is C19H18ClN5OS. The van der Waals surface area contributed by atoms with Crippen LogP contribution < -0.4 is 5.32 Å². The highest BCUT2D eigenvalue weighted by atomic mass is 35.5. The second kappa shape index (κ2) is 7.70. The summed E-state index contributed by atoms with van der Waals surface area (Å²) in [5.74, 6) is 1.74. The Morgan fingerprint density at radius 3 is 2.70 bits per heavy atom. The Morgan fingerprint density at radius 2 is 2.04 bits per heavy atom. The number of nitrogens with one attached hydrogen (secondary N) is 1. The van der Waals surface area contributed by atoms with E-state index in [4.69, 9.17) is 16.6 Å². The fourth-order valence-electron chi connectivity index (χ4n) is 2.61. The molecule has 3 aromatic rings. The number of aromatic nitrogens is 4. The fourth-order valence-corrected chi connectivity index (χ4v) is 3.48. The summed E-state index contributed by atoms with van der Waals surface area (Å²) in [6.07, 6.45) is 3.77. The van der Waals surface area contributed by atoms with Gasteiger partial charge in [0, 0.05) is 12.1 Å². The van der Waals surface area contributed by atoms with Crippen molar-refractivity contribution >= 4 is 35.1 Å². The number of rotatable bonds is 6. The molecule has 0 radical (unpaired) electrons. The minimum absolute atomic E-state index is 0.154. The van der Waals surface area contributed by atoms with Crippen LogP contribution in [0.2, 0.25) is 5.02 Å². The van der Waals surface area contributed by atoms with E-state index in [1.54, 1.807) is 12.1 Å². The van der Waals surface area contributed by atoms with E-state index in [1.807, 2.05) is 41.9 Å². The van der Waals surface area contributed by atoms with Crippen molar-refractivity contribution in [2.45, 2.75) is 36.1 Å².